The number of amides is 2. The van der Waals surface area contributed by atoms with Gasteiger partial charge in [0, 0.05) is 43.0 Å². The smallest absolute Gasteiger partial charge is 0.415 e. The van der Waals surface area contributed by atoms with Gasteiger partial charge in [-0.05, 0) is 55.9 Å². The van der Waals surface area contributed by atoms with Crippen molar-refractivity contribution in [1.82, 2.24) is 9.80 Å². The van der Waals surface area contributed by atoms with Crippen LogP contribution in [0.1, 0.15) is 18.5 Å². The molecule has 2 heterocycles. The molecule has 2 fully saturated rings. The van der Waals surface area contributed by atoms with E-state index in [2.05, 4.69) is 11.9 Å². The quantitative estimate of drug-likeness (QED) is 0.635. The van der Waals surface area contributed by atoms with Crippen LogP contribution in [0.5, 0.6) is 0 Å². The first-order valence-corrected chi connectivity index (χ1v) is 10.9. The van der Waals surface area contributed by atoms with Crippen molar-refractivity contribution in [2.75, 3.05) is 51.3 Å². The molecule has 2 aliphatic heterocycles. The highest BCUT2D eigenvalue weighted by Crippen LogP contribution is 2.34. The fourth-order valence-corrected chi connectivity index (χ4v) is 3.65. The van der Waals surface area contributed by atoms with E-state index in [0.717, 1.165) is 32.2 Å². The van der Waals surface area contributed by atoms with Gasteiger partial charge in [0.15, 0.2) is 0 Å². The molecule has 0 aliphatic carbocycles. The zero-order chi connectivity index (χ0) is 24.0. The first-order valence-electron chi connectivity index (χ1n) is 10.6. The molecule has 1 atom stereocenters. The second-order valence-corrected chi connectivity index (χ2v) is 8.07. The number of cyclic esters (lactones) is 1. The molecule has 7 nitrogen and oxygen atoms in total. The summed E-state index contributed by atoms with van der Waals surface area (Å²) >= 11 is 5.82. The lowest BCUT2D eigenvalue weighted by Crippen LogP contribution is -2.47. The fourth-order valence-electron chi connectivity index (χ4n) is 3.53. The predicted molar refractivity (Wildman–Crippen MR) is 120 cm³/mol. The Bertz CT molecular complexity index is 948. The molecule has 0 aromatic heterocycles. The Balaban J connectivity index is 0.000000218. The molecule has 4 rings (SSSR count). The summed E-state index contributed by atoms with van der Waals surface area (Å²) < 4.78 is 36.6. The number of hydrogen-bond acceptors (Lipinski definition) is 5. The van der Waals surface area contributed by atoms with Gasteiger partial charge < -0.3 is 19.3 Å². The van der Waals surface area contributed by atoms with Crippen LogP contribution in [-0.4, -0.2) is 68.4 Å². The lowest BCUT2D eigenvalue weighted by Gasteiger charge is -2.31. The normalized spacial score (nSPS) is 18.5. The molecule has 10 heteroatoms. The standard InChI is InChI=1S/C15H10ClF2NO2.C8H16N2O2/c16-10-1-3-13(4-2-10)19-14(8-21-15(19)20)9-5-11(17)7-12(18)6-9;1-3-12-8(11)10-6-4-9(2)5-7-10/h1-7,14H,8H2;3-7H2,1-2H3/t14-;/m1./s1. The predicted octanol–water partition coefficient (Wildman–Crippen LogP) is 4.71. The van der Waals surface area contributed by atoms with Crippen molar-refractivity contribution < 1.29 is 27.8 Å². The molecule has 178 valence electrons. The fraction of sp³-hybridized carbons (Fsp3) is 0.391. The first-order chi connectivity index (χ1) is 15.8. The zero-order valence-corrected chi connectivity index (χ0v) is 19.2. The van der Waals surface area contributed by atoms with Crippen molar-refractivity contribution in [1.29, 1.82) is 0 Å². The van der Waals surface area contributed by atoms with Gasteiger partial charge in [-0.1, -0.05) is 11.6 Å². The number of hydrogen-bond donors (Lipinski definition) is 0. The number of piperazine rings is 1. The zero-order valence-electron chi connectivity index (χ0n) is 18.5. The summed E-state index contributed by atoms with van der Waals surface area (Å²) in [6.07, 6.45) is -0.738. The van der Waals surface area contributed by atoms with E-state index >= 15 is 0 Å². The SMILES string of the molecule is CCOC(=O)N1CCN(C)CC1.O=C1OC[C@H](c2cc(F)cc(F)c2)N1c1ccc(Cl)cc1. The molecule has 0 radical (unpaired) electrons. The topological polar surface area (TPSA) is 62.3 Å². The molecule has 2 amide bonds. The van der Waals surface area contributed by atoms with Crippen LogP contribution in [0.3, 0.4) is 0 Å². The van der Waals surface area contributed by atoms with Crippen LogP contribution in [0.15, 0.2) is 42.5 Å². The minimum Gasteiger partial charge on any atom is -0.450 e. The van der Waals surface area contributed by atoms with Crippen LogP contribution >= 0.6 is 11.6 Å². The Morgan fingerprint density at radius 2 is 1.70 bits per heavy atom. The van der Waals surface area contributed by atoms with Crippen molar-refractivity contribution in [3.8, 4) is 0 Å². The first kappa shape index (κ1) is 24.7. The second-order valence-electron chi connectivity index (χ2n) is 7.63. The van der Waals surface area contributed by atoms with Gasteiger partial charge in [-0.25, -0.2) is 18.4 Å². The van der Waals surface area contributed by atoms with E-state index in [1.807, 2.05) is 6.92 Å². The van der Waals surface area contributed by atoms with Crippen LogP contribution in [0.4, 0.5) is 24.1 Å². The number of carbonyl (C=O) groups excluding carboxylic acids is 2. The Kier molecular flexibility index (Phi) is 8.46. The lowest BCUT2D eigenvalue weighted by molar-refractivity contribution is 0.0856. The van der Waals surface area contributed by atoms with E-state index in [0.29, 0.717) is 22.9 Å². The van der Waals surface area contributed by atoms with Gasteiger partial charge in [0.1, 0.15) is 18.2 Å². The van der Waals surface area contributed by atoms with Gasteiger partial charge in [0.05, 0.1) is 12.6 Å². The van der Waals surface area contributed by atoms with Crippen molar-refractivity contribution >= 4 is 29.5 Å². The van der Waals surface area contributed by atoms with Gasteiger partial charge in [-0.3, -0.25) is 4.90 Å². The van der Waals surface area contributed by atoms with E-state index in [9.17, 15) is 18.4 Å². The van der Waals surface area contributed by atoms with Gasteiger partial charge in [0.2, 0.25) is 0 Å². The Hall–Kier alpha value is -2.91. The highest BCUT2D eigenvalue weighted by molar-refractivity contribution is 6.30. The van der Waals surface area contributed by atoms with Crippen LogP contribution in [-0.2, 0) is 9.47 Å². The molecule has 2 aromatic rings. The van der Waals surface area contributed by atoms with Crippen molar-refractivity contribution in [3.63, 3.8) is 0 Å². The van der Waals surface area contributed by atoms with Gasteiger partial charge in [-0.2, -0.15) is 0 Å². The summed E-state index contributed by atoms with van der Waals surface area (Å²) in [7, 11) is 2.06. The molecule has 2 aromatic carbocycles. The molecular formula is C23H26ClF2N3O4. The maximum atomic E-state index is 13.4. The van der Waals surface area contributed by atoms with E-state index in [1.54, 1.807) is 29.2 Å². The molecule has 0 saturated carbocycles. The second kappa shape index (κ2) is 11.3. The number of anilines is 1. The molecule has 2 saturated heterocycles. The lowest BCUT2D eigenvalue weighted by atomic mass is 10.1. The highest BCUT2D eigenvalue weighted by atomic mass is 35.5. The summed E-state index contributed by atoms with van der Waals surface area (Å²) in [4.78, 5) is 28.4. The Morgan fingerprint density at radius 1 is 1.09 bits per heavy atom. The molecule has 0 bridgehead atoms. The maximum absolute atomic E-state index is 13.4. The summed E-state index contributed by atoms with van der Waals surface area (Å²) in [5.41, 5.74) is 0.893. The van der Waals surface area contributed by atoms with Crippen molar-refractivity contribution in [2.45, 2.75) is 13.0 Å². The number of ether oxygens (including phenoxy) is 2. The number of rotatable bonds is 3. The maximum Gasteiger partial charge on any atom is 0.415 e. The molecule has 33 heavy (non-hydrogen) atoms. The third-order valence-electron chi connectivity index (χ3n) is 5.28. The summed E-state index contributed by atoms with van der Waals surface area (Å²) in [6.45, 7) is 5.78. The Labute approximate surface area is 196 Å². The summed E-state index contributed by atoms with van der Waals surface area (Å²) in [5.74, 6) is -1.39. The molecule has 2 aliphatic rings. The van der Waals surface area contributed by atoms with E-state index in [-0.39, 0.29) is 12.7 Å². The molecular weight excluding hydrogens is 456 g/mol. The highest BCUT2D eigenvalue weighted by Gasteiger charge is 2.35. The summed E-state index contributed by atoms with van der Waals surface area (Å²) in [5, 5.41) is 0.527. The Morgan fingerprint density at radius 3 is 2.27 bits per heavy atom. The van der Waals surface area contributed by atoms with E-state index < -0.39 is 23.8 Å². The number of nitrogens with zero attached hydrogens (tertiary/aromatic N) is 3. The third kappa shape index (κ3) is 6.55. The molecule has 0 spiro atoms. The van der Waals surface area contributed by atoms with Gasteiger partial charge in [0.25, 0.3) is 0 Å². The monoisotopic (exact) mass is 481 g/mol. The number of likely N-dealkylation sites (N-methyl/N-ethyl adjacent to an activating group) is 1. The number of benzene rings is 2. The van der Waals surface area contributed by atoms with Crippen LogP contribution in [0.2, 0.25) is 5.02 Å². The van der Waals surface area contributed by atoms with Crippen LogP contribution in [0, 0.1) is 11.6 Å². The van der Waals surface area contributed by atoms with Crippen molar-refractivity contribution in [3.05, 3.63) is 64.7 Å². The minimum atomic E-state index is -0.694. The van der Waals surface area contributed by atoms with Crippen LogP contribution in [0.25, 0.3) is 0 Å². The largest absolute Gasteiger partial charge is 0.450 e. The third-order valence-corrected chi connectivity index (χ3v) is 5.53. The van der Waals surface area contributed by atoms with Crippen molar-refractivity contribution in [2.24, 2.45) is 0 Å². The number of halogens is 3. The molecule has 0 unspecified atom stereocenters. The molecule has 0 N–H and O–H groups in total. The average molecular weight is 482 g/mol. The van der Waals surface area contributed by atoms with Gasteiger partial charge in [-0.15, -0.1) is 0 Å². The van der Waals surface area contributed by atoms with E-state index in [1.165, 1.54) is 17.0 Å². The van der Waals surface area contributed by atoms with E-state index in [4.69, 9.17) is 21.1 Å². The summed E-state index contributed by atoms with van der Waals surface area (Å²) in [6, 6.07) is 9.15. The van der Waals surface area contributed by atoms with Gasteiger partial charge >= 0.3 is 12.2 Å². The minimum absolute atomic E-state index is 0.0321. The average Bonchev–Trinajstić information content (AvgIpc) is 3.16. The van der Waals surface area contributed by atoms with Crippen LogP contribution < -0.4 is 4.90 Å². The number of carbonyl (C=O) groups is 2.